The van der Waals surface area contributed by atoms with E-state index in [4.69, 9.17) is 16.7 Å². The number of anilines is 1. The fourth-order valence-corrected chi connectivity index (χ4v) is 3.82. The summed E-state index contributed by atoms with van der Waals surface area (Å²) in [7, 11) is 4.07. The van der Waals surface area contributed by atoms with Gasteiger partial charge in [-0.2, -0.15) is 8.78 Å². The molecule has 7 nitrogen and oxygen atoms in total. The Balaban J connectivity index is 1.88. The van der Waals surface area contributed by atoms with Gasteiger partial charge in [-0.1, -0.05) is 11.6 Å². The topological polar surface area (TPSA) is 63.0 Å². The highest BCUT2D eigenvalue weighted by molar-refractivity contribution is 6.30. The van der Waals surface area contributed by atoms with Crippen LogP contribution in [0.15, 0.2) is 18.3 Å². The highest BCUT2D eigenvalue weighted by Crippen LogP contribution is 2.32. The normalized spacial score (nSPS) is 18.0. The molecule has 0 spiro atoms. The van der Waals surface area contributed by atoms with E-state index < -0.39 is 11.7 Å². The maximum absolute atomic E-state index is 13.9. The minimum atomic E-state index is -3.16. The van der Waals surface area contributed by atoms with E-state index in [0.717, 1.165) is 31.8 Å². The molecule has 0 amide bonds. The molecule has 0 radical (unpaired) electrons. The maximum atomic E-state index is 13.9. The highest BCUT2D eigenvalue weighted by atomic mass is 35.5. The molecule has 3 aromatic heterocycles. The van der Waals surface area contributed by atoms with Crippen LogP contribution in [-0.2, 0) is 5.92 Å². The zero-order valence-corrected chi connectivity index (χ0v) is 17.5. The Hall–Kier alpha value is -2.39. The van der Waals surface area contributed by atoms with Gasteiger partial charge in [-0.05, 0) is 26.9 Å². The van der Waals surface area contributed by atoms with Gasteiger partial charge in [0.15, 0.2) is 11.6 Å². The second kappa shape index (κ2) is 7.14. The molecule has 0 aromatic carbocycles. The monoisotopic (exact) mass is 421 g/mol. The molecule has 4 rings (SSSR count). The molecule has 0 aliphatic carbocycles. The van der Waals surface area contributed by atoms with Crippen molar-refractivity contribution in [2.45, 2.75) is 32.2 Å². The summed E-state index contributed by atoms with van der Waals surface area (Å²) in [5.41, 5.74) is 1.09. The fraction of sp³-hybridized carbons (Fsp3) is 0.474. The molecule has 0 bridgehead atoms. The van der Waals surface area contributed by atoms with Crippen LogP contribution in [0.3, 0.4) is 0 Å². The van der Waals surface area contributed by atoms with E-state index in [1.165, 1.54) is 4.68 Å². The Morgan fingerprint density at radius 1 is 1.28 bits per heavy atom. The lowest BCUT2D eigenvalue weighted by atomic mass is 10.2. The van der Waals surface area contributed by atoms with E-state index in [9.17, 15) is 8.78 Å². The largest absolute Gasteiger partial charge is 0.353 e. The van der Waals surface area contributed by atoms with Gasteiger partial charge in [0.05, 0.1) is 10.9 Å². The van der Waals surface area contributed by atoms with Gasteiger partial charge in [0.1, 0.15) is 5.15 Å². The Morgan fingerprint density at radius 3 is 2.69 bits per heavy atom. The molecule has 1 unspecified atom stereocenters. The van der Waals surface area contributed by atoms with Gasteiger partial charge in [0.25, 0.3) is 0 Å². The third kappa shape index (κ3) is 3.76. The van der Waals surface area contributed by atoms with Crippen molar-refractivity contribution in [3.63, 3.8) is 0 Å². The number of aromatic nitrogens is 5. The summed E-state index contributed by atoms with van der Waals surface area (Å²) in [6.45, 7) is 4.37. The molecule has 0 saturated carbocycles. The third-order valence-corrected chi connectivity index (χ3v) is 5.42. The number of hydrogen-bond acceptors (Lipinski definition) is 6. The molecular weight excluding hydrogens is 400 g/mol. The number of halogens is 3. The Morgan fingerprint density at radius 2 is 2.03 bits per heavy atom. The summed E-state index contributed by atoms with van der Waals surface area (Å²) in [6.07, 6.45) is 2.68. The lowest BCUT2D eigenvalue weighted by Gasteiger charge is -2.24. The van der Waals surface area contributed by atoms with Crippen LogP contribution in [-0.4, -0.2) is 62.9 Å². The Kier molecular flexibility index (Phi) is 4.90. The summed E-state index contributed by atoms with van der Waals surface area (Å²) in [6, 6.07) is 3.59. The molecule has 1 aliphatic heterocycles. The Bertz CT molecular complexity index is 1060. The third-order valence-electron chi connectivity index (χ3n) is 5.21. The predicted molar refractivity (Wildman–Crippen MR) is 108 cm³/mol. The number of alkyl halides is 2. The first kappa shape index (κ1) is 19.9. The molecule has 10 heteroatoms. The second-order valence-corrected chi connectivity index (χ2v) is 8.04. The number of likely N-dealkylation sites (N-methyl/N-ethyl adjacent to an activating group) is 2. The molecule has 1 saturated heterocycles. The van der Waals surface area contributed by atoms with Gasteiger partial charge in [-0.15, -0.1) is 5.10 Å². The second-order valence-electron chi connectivity index (χ2n) is 7.65. The van der Waals surface area contributed by atoms with E-state index in [2.05, 4.69) is 31.8 Å². The van der Waals surface area contributed by atoms with E-state index in [1.54, 1.807) is 25.3 Å². The summed E-state index contributed by atoms with van der Waals surface area (Å²) < 4.78 is 29.3. The van der Waals surface area contributed by atoms with Crippen molar-refractivity contribution in [1.82, 2.24) is 29.6 Å². The Labute approximate surface area is 172 Å². The number of hydrogen-bond donors (Lipinski definition) is 0. The van der Waals surface area contributed by atoms with Gasteiger partial charge < -0.3 is 9.80 Å². The number of pyridine rings is 1. The number of aryl methyl sites for hydroxylation is 1. The number of nitrogens with zero attached hydrogens (tertiary/aromatic N) is 7. The summed E-state index contributed by atoms with van der Waals surface area (Å²) in [5.74, 6) is -2.71. The van der Waals surface area contributed by atoms with Gasteiger partial charge in [0, 0.05) is 50.6 Å². The van der Waals surface area contributed by atoms with Crippen molar-refractivity contribution in [3.8, 4) is 5.82 Å². The van der Waals surface area contributed by atoms with Crippen LogP contribution >= 0.6 is 11.6 Å². The first-order valence-electron chi connectivity index (χ1n) is 9.33. The van der Waals surface area contributed by atoms with Crippen LogP contribution in [0.4, 0.5) is 14.6 Å². The smallest absolute Gasteiger partial charge is 0.303 e. The molecule has 1 atom stereocenters. The lowest BCUT2D eigenvalue weighted by molar-refractivity contribution is 0.00747. The van der Waals surface area contributed by atoms with Crippen molar-refractivity contribution in [2.24, 2.45) is 0 Å². The molecule has 4 heterocycles. The summed E-state index contributed by atoms with van der Waals surface area (Å²) >= 11 is 6.12. The van der Waals surface area contributed by atoms with Crippen molar-refractivity contribution < 1.29 is 8.78 Å². The van der Waals surface area contributed by atoms with E-state index in [1.807, 2.05) is 7.05 Å². The minimum Gasteiger partial charge on any atom is -0.353 e. The predicted octanol–water partition coefficient (Wildman–Crippen LogP) is 3.42. The van der Waals surface area contributed by atoms with Gasteiger partial charge in [-0.25, -0.2) is 19.6 Å². The molecule has 3 aromatic rings. The van der Waals surface area contributed by atoms with Crippen LogP contribution in [0.1, 0.15) is 24.9 Å². The van der Waals surface area contributed by atoms with Crippen molar-refractivity contribution in [1.29, 1.82) is 0 Å². The highest BCUT2D eigenvalue weighted by Gasteiger charge is 2.30. The van der Waals surface area contributed by atoms with Crippen molar-refractivity contribution >= 4 is 28.3 Å². The molecular formula is C19H22ClF2N7. The van der Waals surface area contributed by atoms with E-state index in [-0.39, 0.29) is 5.82 Å². The van der Waals surface area contributed by atoms with Crippen molar-refractivity contribution in [3.05, 3.63) is 35.0 Å². The average Bonchev–Trinajstić information content (AvgIpc) is 3.23. The van der Waals surface area contributed by atoms with Gasteiger partial charge >= 0.3 is 5.92 Å². The maximum Gasteiger partial charge on any atom is 0.303 e. The fourth-order valence-electron chi connectivity index (χ4n) is 3.66. The minimum absolute atomic E-state index is 0.268. The van der Waals surface area contributed by atoms with Crippen LogP contribution < -0.4 is 4.90 Å². The van der Waals surface area contributed by atoms with E-state index >= 15 is 0 Å². The van der Waals surface area contributed by atoms with Gasteiger partial charge in [0.2, 0.25) is 5.82 Å². The summed E-state index contributed by atoms with van der Waals surface area (Å²) in [5, 5.41) is 5.80. The lowest BCUT2D eigenvalue weighted by Crippen LogP contribution is -2.34. The summed E-state index contributed by atoms with van der Waals surface area (Å²) in [4.78, 5) is 16.5. The number of likely N-dealkylation sites (tertiary alicyclic amines) is 1. The molecule has 1 fully saturated rings. The standard InChI is InChI=1S/C19H22ClF2N7/c1-11-7-16(25-18(24-11)19(2,21)22)29-14-8-15(20)23-9-13(14)17(26-29)28(4)12-5-6-27(3)10-12/h7-9,12H,5-6,10H2,1-4H3. The van der Waals surface area contributed by atoms with Crippen molar-refractivity contribution in [2.75, 3.05) is 32.1 Å². The van der Waals surface area contributed by atoms with E-state index in [0.29, 0.717) is 28.2 Å². The quantitative estimate of drug-likeness (QED) is 0.601. The molecule has 0 N–H and O–H groups in total. The SMILES string of the molecule is Cc1cc(-n2nc(N(C)C3CCN(C)C3)c3cnc(Cl)cc32)nc(C(C)(F)F)n1. The van der Waals surface area contributed by atoms with Crippen LogP contribution in [0.25, 0.3) is 16.7 Å². The first-order valence-corrected chi connectivity index (χ1v) is 9.71. The average molecular weight is 422 g/mol. The molecule has 154 valence electrons. The zero-order valence-electron chi connectivity index (χ0n) is 16.7. The number of fused-ring (bicyclic) bond motifs is 1. The van der Waals surface area contributed by atoms with Crippen LogP contribution in [0.5, 0.6) is 0 Å². The first-order chi connectivity index (χ1) is 13.6. The van der Waals surface area contributed by atoms with Gasteiger partial charge in [-0.3, -0.25) is 0 Å². The van der Waals surface area contributed by atoms with Crippen LogP contribution in [0, 0.1) is 6.92 Å². The number of rotatable bonds is 4. The zero-order chi connectivity index (χ0) is 20.9. The molecule has 29 heavy (non-hydrogen) atoms. The van der Waals surface area contributed by atoms with Crippen LogP contribution in [0.2, 0.25) is 5.15 Å². The molecule has 1 aliphatic rings.